The predicted molar refractivity (Wildman–Crippen MR) is 114 cm³/mol. The number of benzene rings is 3. The Labute approximate surface area is 174 Å². The summed E-state index contributed by atoms with van der Waals surface area (Å²) in [5.74, 6) is -0.547. The summed E-state index contributed by atoms with van der Waals surface area (Å²) in [5.41, 5.74) is 9.20. The van der Waals surface area contributed by atoms with Gasteiger partial charge in [0.05, 0.1) is 4.92 Å². The molecule has 0 heterocycles. The molecule has 0 aliphatic heterocycles. The Kier molecular flexibility index (Phi) is 7.88. The lowest BCUT2D eigenvalue weighted by Crippen LogP contribution is -2.34. The number of carbonyl (C=O) groups is 1. The summed E-state index contributed by atoms with van der Waals surface area (Å²) in [6, 6.07) is 22.5. The topological polar surface area (TPSA) is 95.5 Å². The van der Waals surface area contributed by atoms with Crippen molar-refractivity contribution >= 4 is 24.1 Å². The van der Waals surface area contributed by atoms with E-state index >= 15 is 0 Å². The van der Waals surface area contributed by atoms with E-state index in [4.69, 9.17) is 10.5 Å². The molecule has 0 saturated carbocycles. The van der Waals surface area contributed by atoms with Gasteiger partial charge in [-0.05, 0) is 34.7 Å². The van der Waals surface area contributed by atoms with Gasteiger partial charge in [0.1, 0.15) is 12.6 Å². The van der Waals surface area contributed by atoms with Crippen molar-refractivity contribution in [2.75, 3.05) is 0 Å². The van der Waals surface area contributed by atoms with Gasteiger partial charge in [0.2, 0.25) is 0 Å². The highest BCUT2D eigenvalue weighted by atomic mass is 35.5. The Morgan fingerprint density at radius 3 is 2.24 bits per heavy atom. The number of nitro groups is 1. The summed E-state index contributed by atoms with van der Waals surface area (Å²) in [5, 5.41) is 11.2. The summed E-state index contributed by atoms with van der Waals surface area (Å²) < 4.78 is 5.29. The highest BCUT2D eigenvalue weighted by Gasteiger charge is 2.20. The van der Waals surface area contributed by atoms with E-state index in [1.807, 2.05) is 60.7 Å². The Morgan fingerprint density at radius 1 is 1.00 bits per heavy atom. The molecule has 0 unspecified atom stereocenters. The number of hydrogen-bond acceptors (Lipinski definition) is 5. The summed E-state index contributed by atoms with van der Waals surface area (Å²) in [6.07, 6.45) is 0.138. The molecular formula is C22H21ClN2O4. The molecule has 6 nitrogen and oxygen atoms in total. The van der Waals surface area contributed by atoms with Crippen molar-refractivity contribution in [3.63, 3.8) is 0 Å². The molecule has 29 heavy (non-hydrogen) atoms. The maximum atomic E-state index is 12.3. The molecule has 0 fully saturated rings. The molecule has 1 atom stereocenters. The fourth-order valence-corrected chi connectivity index (χ4v) is 2.92. The van der Waals surface area contributed by atoms with Gasteiger partial charge in [-0.1, -0.05) is 60.7 Å². The first kappa shape index (κ1) is 22.1. The first-order chi connectivity index (χ1) is 13.5. The lowest BCUT2D eigenvalue weighted by atomic mass is 9.94. The van der Waals surface area contributed by atoms with Gasteiger partial charge in [-0.25, -0.2) is 0 Å². The summed E-state index contributed by atoms with van der Waals surface area (Å²) in [4.78, 5) is 23.0. The fraction of sp³-hybridized carbons (Fsp3) is 0.136. The van der Waals surface area contributed by atoms with Crippen LogP contribution in [-0.4, -0.2) is 16.9 Å². The summed E-state index contributed by atoms with van der Waals surface area (Å²) in [6.45, 7) is 0.133. The van der Waals surface area contributed by atoms with E-state index in [0.29, 0.717) is 5.56 Å². The third-order valence-electron chi connectivity index (χ3n) is 4.35. The average Bonchev–Trinajstić information content (AvgIpc) is 2.73. The quantitative estimate of drug-likeness (QED) is 0.354. The highest BCUT2D eigenvalue weighted by molar-refractivity contribution is 5.85. The molecule has 0 radical (unpaired) electrons. The number of esters is 1. The lowest BCUT2D eigenvalue weighted by molar-refractivity contribution is -0.384. The van der Waals surface area contributed by atoms with Gasteiger partial charge in [-0.3, -0.25) is 14.9 Å². The van der Waals surface area contributed by atoms with Crippen LogP contribution in [0.4, 0.5) is 5.69 Å². The van der Waals surface area contributed by atoms with E-state index in [1.54, 1.807) is 6.07 Å². The van der Waals surface area contributed by atoms with Crippen LogP contribution in [0.3, 0.4) is 0 Å². The molecule has 7 heteroatoms. The molecular weight excluding hydrogens is 392 g/mol. The number of halogens is 1. The normalized spacial score (nSPS) is 11.2. The first-order valence-corrected chi connectivity index (χ1v) is 8.83. The Bertz CT molecular complexity index is 965. The average molecular weight is 413 g/mol. The Balaban J connectivity index is 0.00000300. The number of ether oxygens (including phenoxy) is 1. The molecule has 3 aromatic rings. The second-order valence-corrected chi connectivity index (χ2v) is 6.37. The number of carbonyl (C=O) groups excluding carboxylic acids is 1. The van der Waals surface area contributed by atoms with Crippen LogP contribution in [0.5, 0.6) is 0 Å². The number of non-ortho nitro benzene ring substituents is 1. The minimum absolute atomic E-state index is 0. The summed E-state index contributed by atoms with van der Waals surface area (Å²) >= 11 is 0. The van der Waals surface area contributed by atoms with Crippen LogP contribution >= 0.6 is 12.4 Å². The van der Waals surface area contributed by atoms with E-state index in [-0.39, 0.29) is 31.1 Å². The van der Waals surface area contributed by atoms with E-state index < -0.39 is 16.9 Å². The maximum Gasteiger partial charge on any atom is 0.323 e. The van der Waals surface area contributed by atoms with Gasteiger partial charge in [-0.2, -0.15) is 0 Å². The fourth-order valence-electron chi connectivity index (χ4n) is 2.92. The van der Waals surface area contributed by atoms with Gasteiger partial charge >= 0.3 is 5.97 Å². The van der Waals surface area contributed by atoms with Crippen molar-refractivity contribution in [2.45, 2.75) is 19.1 Å². The van der Waals surface area contributed by atoms with Gasteiger partial charge < -0.3 is 10.5 Å². The van der Waals surface area contributed by atoms with Gasteiger partial charge in [0, 0.05) is 12.1 Å². The molecule has 0 saturated heterocycles. The molecule has 0 aliphatic carbocycles. The maximum absolute atomic E-state index is 12.3. The van der Waals surface area contributed by atoms with Crippen LogP contribution < -0.4 is 5.73 Å². The molecule has 0 spiro atoms. The number of nitro benzene ring substituents is 1. The van der Waals surface area contributed by atoms with Crippen molar-refractivity contribution in [3.05, 3.63) is 100 Å². The zero-order valence-electron chi connectivity index (χ0n) is 15.6. The second kappa shape index (κ2) is 10.4. The summed E-state index contributed by atoms with van der Waals surface area (Å²) in [7, 11) is 0. The van der Waals surface area contributed by atoms with Crippen molar-refractivity contribution < 1.29 is 14.5 Å². The van der Waals surface area contributed by atoms with Crippen LogP contribution in [0.15, 0.2) is 78.9 Å². The van der Waals surface area contributed by atoms with Crippen molar-refractivity contribution in [2.24, 2.45) is 5.73 Å². The molecule has 3 rings (SSSR count). The molecule has 0 amide bonds. The predicted octanol–water partition coefficient (Wildman–Crippen LogP) is 4.30. The molecule has 2 N–H and O–H groups in total. The van der Waals surface area contributed by atoms with Crippen molar-refractivity contribution in [1.29, 1.82) is 0 Å². The molecule has 150 valence electrons. The molecule has 3 aromatic carbocycles. The monoisotopic (exact) mass is 412 g/mol. The van der Waals surface area contributed by atoms with E-state index in [1.165, 1.54) is 12.1 Å². The van der Waals surface area contributed by atoms with Crippen LogP contribution in [0.25, 0.3) is 11.1 Å². The molecule has 0 bridgehead atoms. The van der Waals surface area contributed by atoms with Crippen LogP contribution in [-0.2, 0) is 22.6 Å². The number of nitrogens with zero attached hydrogens (tertiary/aromatic N) is 1. The zero-order chi connectivity index (χ0) is 19.9. The van der Waals surface area contributed by atoms with Gasteiger partial charge in [-0.15, -0.1) is 12.4 Å². The lowest BCUT2D eigenvalue weighted by Gasteiger charge is -2.15. The number of rotatable bonds is 7. The number of nitrogens with two attached hydrogens (primary N) is 1. The minimum Gasteiger partial charge on any atom is -0.460 e. The van der Waals surface area contributed by atoms with E-state index in [2.05, 4.69) is 0 Å². The Morgan fingerprint density at radius 2 is 1.62 bits per heavy atom. The van der Waals surface area contributed by atoms with Crippen LogP contribution in [0, 0.1) is 10.1 Å². The smallest absolute Gasteiger partial charge is 0.323 e. The number of hydrogen-bond donors (Lipinski definition) is 1. The minimum atomic E-state index is -0.923. The third kappa shape index (κ3) is 5.88. The first-order valence-electron chi connectivity index (χ1n) is 8.83. The molecule has 0 aromatic heterocycles. The highest BCUT2D eigenvalue weighted by Crippen LogP contribution is 2.28. The van der Waals surface area contributed by atoms with Crippen LogP contribution in [0.2, 0.25) is 0 Å². The van der Waals surface area contributed by atoms with Crippen molar-refractivity contribution in [1.82, 2.24) is 0 Å². The van der Waals surface area contributed by atoms with Crippen molar-refractivity contribution in [3.8, 4) is 11.1 Å². The molecule has 0 aliphatic rings. The standard InChI is InChI=1S/C22H20N2O4.ClH/c23-21(22(25)28-15-16-7-3-1-4-8-16)14-18-13-19(24(26)27)11-12-20(18)17-9-5-2-6-10-17;/h1-13,21H,14-15,23H2;1H/t21-;/m0./s1. The van der Waals surface area contributed by atoms with Gasteiger partial charge in [0.25, 0.3) is 5.69 Å². The van der Waals surface area contributed by atoms with E-state index in [0.717, 1.165) is 16.7 Å². The van der Waals surface area contributed by atoms with E-state index in [9.17, 15) is 14.9 Å². The second-order valence-electron chi connectivity index (χ2n) is 6.37. The third-order valence-corrected chi connectivity index (χ3v) is 4.35. The SMILES string of the molecule is Cl.N[C@@H](Cc1cc([N+](=O)[O-])ccc1-c1ccccc1)C(=O)OCc1ccccc1. The largest absolute Gasteiger partial charge is 0.460 e. The van der Waals surface area contributed by atoms with Crippen LogP contribution in [0.1, 0.15) is 11.1 Å². The Hall–Kier alpha value is -3.22. The zero-order valence-corrected chi connectivity index (χ0v) is 16.4. The van der Waals surface area contributed by atoms with Gasteiger partial charge in [0.15, 0.2) is 0 Å².